The quantitative estimate of drug-likeness (QED) is 0.338. The summed E-state index contributed by atoms with van der Waals surface area (Å²) in [5.41, 5.74) is 1.37. The van der Waals surface area contributed by atoms with Gasteiger partial charge >= 0.3 is 10.2 Å². The molecule has 0 aliphatic heterocycles. The third-order valence-corrected chi connectivity index (χ3v) is 9.52. The first-order valence-corrected chi connectivity index (χ1v) is 14.3. The molecule has 1 aliphatic carbocycles. The summed E-state index contributed by atoms with van der Waals surface area (Å²) in [5, 5.41) is 2.39. The average molecular weight is 535 g/mol. The van der Waals surface area contributed by atoms with Crippen LogP contribution in [0.2, 0.25) is 0 Å². The normalized spacial score (nSPS) is 21.1. The van der Waals surface area contributed by atoms with Crippen LogP contribution in [0.3, 0.4) is 0 Å². The summed E-state index contributed by atoms with van der Waals surface area (Å²) in [6.07, 6.45) is 3.12. The van der Waals surface area contributed by atoms with Crippen molar-refractivity contribution in [2.75, 3.05) is 5.32 Å². The molecule has 190 valence electrons. The maximum Gasteiger partial charge on any atom is 0.310 e. The molecule has 1 fully saturated rings. The molecule has 12 heteroatoms. The van der Waals surface area contributed by atoms with Crippen LogP contribution in [0.4, 0.5) is 25.1 Å². The lowest BCUT2D eigenvalue weighted by Gasteiger charge is -2.40. The van der Waals surface area contributed by atoms with Gasteiger partial charge in [-0.3, -0.25) is 4.79 Å². The van der Waals surface area contributed by atoms with Gasteiger partial charge in [-0.05, 0) is 79.3 Å². The number of aromatic nitrogens is 1. The van der Waals surface area contributed by atoms with Crippen LogP contribution in [-0.4, -0.2) is 24.7 Å². The molecule has 0 spiro atoms. The molecule has 0 bridgehead atoms. The highest BCUT2D eigenvalue weighted by molar-refractivity contribution is 8.45. The number of hydrogen-bond acceptors (Lipinski definition) is 4. The molecular weight excluding hydrogens is 511 g/mol. The molecule has 35 heavy (non-hydrogen) atoms. The Morgan fingerprint density at radius 1 is 0.800 bits per heavy atom. The number of halogens is 5. The van der Waals surface area contributed by atoms with Crippen LogP contribution >= 0.6 is 10.2 Å². The third kappa shape index (κ3) is 5.87. The monoisotopic (exact) mass is 534 g/mol. The van der Waals surface area contributed by atoms with Gasteiger partial charge in [0.15, 0.2) is 9.84 Å². The number of H-pyrrole nitrogens is 1. The fourth-order valence-corrected chi connectivity index (χ4v) is 6.66. The maximum atomic E-state index is 13.1. The van der Waals surface area contributed by atoms with Gasteiger partial charge in [-0.15, -0.1) is 0 Å². The summed E-state index contributed by atoms with van der Waals surface area (Å²) in [7, 11) is -13.3. The Morgan fingerprint density at radius 2 is 1.40 bits per heavy atom. The Bertz CT molecular complexity index is 1380. The van der Waals surface area contributed by atoms with Crippen molar-refractivity contribution in [2.45, 2.75) is 46.8 Å². The van der Waals surface area contributed by atoms with Crippen LogP contribution in [0.15, 0.2) is 81.4 Å². The minimum atomic E-state index is -9.72. The lowest BCUT2D eigenvalue weighted by Crippen LogP contribution is -2.32. The molecule has 1 aromatic heterocycles. The zero-order chi connectivity index (χ0) is 25.5. The first-order chi connectivity index (χ1) is 16.1. The lowest BCUT2D eigenvalue weighted by atomic mass is 9.95. The Morgan fingerprint density at radius 3 is 1.94 bits per heavy atom. The highest BCUT2D eigenvalue weighted by Gasteiger charge is 2.65. The number of nitrogens with one attached hydrogen (secondary N) is 2. The van der Waals surface area contributed by atoms with E-state index in [1.54, 1.807) is 18.2 Å². The smallest absolute Gasteiger partial charge is 0.310 e. The number of pyridine rings is 1. The number of sulfone groups is 1. The molecule has 0 amide bonds. The minimum Gasteiger partial charge on any atom is -0.382 e. The highest BCUT2D eigenvalue weighted by atomic mass is 32.5. The zero-order valence-corrected chi connectivity index (χ0v) is 19.9. The first kappa shape index (κ1) is 25.2. The van der Waals surface area contributed by atoms with Crippen LogP contribution < -0.4 is 10.9 Å². The van der Waals surface area contributed by atoms with E-state index in [-0.39, 0.29) is 22.2 Å². The van der Waals surface area contributed by atoms with Crippen LogP contribution in [0, 0.1) is 0 Å². The van der Waals surface area contributed by atoms with Crippen molar-refractivity contribution >= 4 is 25.7 Å². The minimum absolute atomic E-state index is 0.175. The molecule has 4 rings (SSSR count). The van der Waals surface area contributed by atoms with E-state index >= 15 is 0 Å². The zero-order valence-electron chi connectivity index (χ0n) is 18.3. The van der Waals surface area contributed by atoms with Gasteiger partial charge in [0.2, 0.25) is 5.56 Å². The molecule has 3 aromatic rings. The molecule has 1 aliphatic rings. The molecule has 0 radical (unpaired) electrons. The summed E-state index contributed by atoms with van der Waals surface area (Å²) in [6, 6.07) is 11.9. The lowest BCUT2D eigenvalue weighted by molar-refractivity contribution is 0.364. The fourth-order valence-electron chi connectivity index (χ4n) is 4.22. The van der Waals surface area contributed by atoms with Crippen molar-refractivity contribution in [1.29, 1.82) is 0 Å². The Balaban J connectivity index is 1.39. The highest BCUT2D eigenvalue weighted by Crippen LogP contribution is 3.02. The molecule has 1 heterocycles. The summed E-state index contributed by atoms with van der Waals surface area (Å²) in [4.78, 5) is 12.2. The van der Waals surface area contributed by atoms with Crippen LogP contribution in [0.5, 0.6) is 0 Å². The van der Waals surface area contributed by atoms with Crippen LogP contribution in [-0.2, 0) is 9.84 Å². The second-order valence-electron chi connectivity index (χ2n) is 8.62. The molecule has 1 saturated carbocycles. The molecule has 0 unspecified atom stereocenters. The van der Waals surface area contributed by atoms with Gasteiger partial charge in [-0.1, -0.05) is 31.6 Å². The topological polar surface area (TPSA) is 79.0 Å². The van der Waals surface area contributed by atoms with Crippen molar-refractivity contribution in [3.63, 3.8) is 0 Å². The third-order valence-electron chi connectivity index (χ3n) is 6.07. The molecule has 0 atom stereocenters. The van der Waals surface area contributed by atoms with Gasteiger partial charge in [-0.2, -0.15) is 0 Å². The van der Waals surface area contributed by atoms with E-state index in [0.29, 0.717) is 48.9 Å². The molecular formula is C23H23F5N2O3S2. The van der Waals surface area contributed by atoms with E-state index < -0.39 is 30.2 Å². The summed E-state index contributed by atoms with van der Waals surface area (Å²) >= 11 is 0. The number of aromatic amines is 1. The largest absolute Gasteiger partial charge is 0.382 e. The molecule has 0 saturated heterocycles. The van der Waals surface area contributed by atoms with Crippen LogP contribution in [0.1, 0.15) is 25.7 Å². The van der Waals surface area contributed by atoms with E-state index in [0.717, 1.165) is 12.1 Å². The second-order valence-corrected chi connectivity index (χ2v) is 13.3. The number of benzene rings is 2. The number of anilines is 1. The van der Waals surface area contributed by atoms with Gasteiger partial charge in [0.25, 0.3) is 0 Å². The van der Waals surface area contributed by atoms with Crippen molar-refractivity contribution in [3.8, 4) is 11.1 Å². The standard InChI is InChI=1S/C23H23F5N2O3S2/c24-35(25,26,27,28)22-11-5-19(6-12-22)30-18-3-9-21(10-4-18)34(32,33)20-7-1-16(2-8-20)17-13-14-29-23(31)15-17/h1-2,5-8,11-15,18,21,30H,3-4,9-10H2,(H,29,31). The average Bonchev–Trinajstić information content (AvgIpc) is 2.78. The van der Waals surface area contributed by atoms with Gasteiger partial charge < -0.3 is 10.3 Å². The van der Waals surface area contributed by atoms with E-state index in [9.17, 15) is 32.6 Å². The van der Waals surface area contributed by atoms with E-state index in [4.69, 9.17) is 0 Å². The summed E-state index contributed by atoms with van der Waals surface area (Å²) in [6.45, 7) is 0. The van der Waals surface area contributed by atoms with Gasteiger partial charge in [0.1, 0.15) is 4.90 Å². The molecule has 5 nitrogen and oxygen atoms in total. The van der Waals surface area contributed by atoms with E-state index in [2.05, 4.69) is 10.3 Å². The number of hydrogen-bond donors (Lipinski definition) is 2. The van der Waals surface area contributed by atoms with Crippen LogP contribution in [0.25, 0.3) is 11.1 Å². The van der Waals surface area contributed by atoms with Gasteiger partial charge in [0.05, 0.1) is 10.1 Å². The van der Waals surface area contributed by atoms with Crippen molar-refractivity contribution in [2.24, 2.45) is 0 Å². The van der Waals surface area contributed by atoms with Crippen molar-refractivity contribution in [1.82, 2.24) is 4.98 Å². The maximum absolute atomic E-state index is 13.1. The fraction of sp³-hybridized carbons (Fsp3) is 0.261. The number of rotatable bonds is 6. The van der Waals surface area contributed by atoms with Gasteiger partial charge in [-0.25, -0.2) is 8.42 Å². The second kappa shape index (κ2) is 8.09. The summed E-state index contributed by atoms with van der Waals surface area (Å²) in [5.74, 6) is 0. The molecule has 2 aromatic carbocycles. The summed E-state index contributed by atoms with van der Waals surface area (Å²) < 4.78 is 90.5. The SMILES string of the molecule is O=c1cc(-c2ccc(S(=O)(=O)C3CCC(Nc4ccc(S(F)(F)(F)(F)F)cc4)CC3)cc2)cc[nH]1. The van der Waals surface area contributed by atoms with E-state index in [1.807, 2.05) is 0 Å². The van der Waals surface area contributed by atoms with Crippen molar-refractivity contribution in [3.05, 3.63) is 77.2 Å². The Hall–Kier alpha value is -2.86. The first-order valence-electron chi connectivity index (χ1n) is 10.8. The van der Waals surface area contributed by atoms with Gasteiger partial charge in [0, 0.05) is 24.0 Å². The predicted molar refractivity (Wildman–Crippen MR) is 127 cm³/mol. The Labute approximate surface area is 199 Å². The van der Waals surface area contributed by atoms with Crippen molar-refractivity contribution < 1.29 is 27.8 Å². The van der Waals surface area contributed by atoms with E-state index in [1.165, 1.54) is 24.4 Å². The Kier molecular flexibility index (Phi) is 5.83. The molecule has 2 N–H and O–H groups in total. The predicted octanol–water partition coefficient (Wildman–Crippen LogP) is 6.90.